The van der Waals surface area contributed by atoms with Crippen LogP contribution in [0.15, 0.2) is 12.3 Å². The fraction of sp³-hybridized carbons (Fsp3) is 0.600. The Kier molecular flexibility index (Phi) is 3.85. The summed E-state index contributed by atoms with van der Waals surface area (Å²) >= 11 is 0. The minimum absolute atomic E-state index is 0.109. The van der Waals surface area contributed by atoms with Gasteiger partial charge in [0.25, 0.3) is 0 Å². The summed E-state index contributed by atoms with van der Waals surface area (Å²) in [5.74, 6) is -0.109. The van der Waals surface area contributed by atoms with E-state index < -0.39 is 5.54 Å². The van der Waals surface area contributed by atoms with Crippen molar-refractivity contribution in [1.29, 1.82) is 0 Å². The second-order valence-electron chi connectivity index (χ2n) is 3.63. The zero-order valence-corrected chi connectivity index (χ0v) is 9.21. The minimum Gasteiger partial charge on any atom is -0.349 e. The lowest BCUT2D eigenvalue weighted by molar-refractivity contribution is -0.126. The van der Waals surface area contributed by atoms with Crippen LogP contribution in [-0.2, 0) is 11.3 Å². The van der Waals surface area contributed by atoms with E-state index in [0.29, 0.717) is 19.4 Å². The molecule has 1 heterocycles. The van der Waals surface area contributed by atoms with Crippen molar-refractivity contribution >= 4 is 5.91 Å². The van der Waals surface area contributed by atoms with Crippen molar-refractivity contribution in [2.45, 2.75) is 38.8 Å². The molecule has 0 atom stereocenters. The molecule has 0 saturated heterocycles. The van der Waals surface area contributed by atoms with Crippen LogP contribution in [0.25, 0.3) is 0 Å². The smallest absolute Gasteiger partial charge is 0.240 e. The largest absolute Gasteiger partial charge is 0.349 e. The van der Waals surface area contributed by atoms with Gasteiger partial charge in [-0.15, -0.1) is 0 Å². The molecule has 84 valence electrons. The first-order chi connectivity index (χ1) is 7.12. The lowest BCUT2D eigenvalue weighted by atomic mass is 9.93. The lowest BCUT2D eigenvalue weighted by Crippen LogP contribution is -2.52. The molecule has 5 nitrogen and oxygen atoms in total. The number of carbonyl (C=O) groups is 1. The van der Waals surface area contributed by atoms with E-state index in [9.17, 15) is 4.79 Å². The first-order valence-corrected chi connectivity index (χ1v) is 5.18. The quantitative estimate of drug-likeness (QED) is 0.663. The summed E-state index contributed by atoms with van der Waals surface area (Å²) in [5.41, 5.74) is 6.06. The van der Waals surface area contributed by atoms with Crippen LogP contribution in [-0.4, -0.2) is 21.6 Å². The Bertz CT molecular complexity index is 303. The molecule has 0 aliphatic heterocycles. The van der Waals surface area contributed by atoms with Crippen molar-refractivity contribution in [2.24, 2.45) is 5.73 Å². The zero-order chi connectivity index (χ0) is 11.3. The maximum atomic E-state index is 11.8. The standard InChI is InChI=1S/C10H18N4O/c1-3-10(11,4-2)9(15)12-7-8-5-6-13-14-8/h5-6H,3-4,7,11H2,1-2H3,(H,12,15)(H,13,14). The van der Waals surface area contributed by atoms with Gasteiger partial charge in [0, 0.05) is 6.20 Å². The Morgan fingerprint density at radius 2 is 2.27 bits per heavy atom. The van der Waals surface area contributed by atoms with Gasteiger partial charge in [0.2, 0.25) is 5.91 Å². The predicted molar refractivity (Wildman–Crippen MR) is 57.9 cm³/mol. The highest BCUT2D eigenvalue weighted by Gasteiger charge is 2.29. The molecular formula is C10H18N4O. The molecule has 0 aromatic carbocycles. The maximum absolute atomic E-state index is 11.8. The molecule has 0 bridgehead atoms. The average Bonchev–Trinajstić information content (AvgIpc) is 2.77. The highest BCUT2D eigenvalue weighted by atomic mass is 16.2. The molecule has 15 heavy (non-hydrogen) atoms. The van der Waals surface area contributed by atoms with Crippen molar-refractivity contribution in [3.8, 4) is 0 Å². The third-order valence-electron chi connectivity index (χ3n) is 2.71. The summed E-state index contributed by atoms with van der Waals surface area (Å²) < 4.78 is 0. The van der Waals surface area contributed by atoms with E-state index in [-0.39, 0.29) is 5.91 Å². The average molecular weight is 210 g/mol. The number of nitrogens with zero attached hydrogens (tertiary/aromatic N) is 1. The predicted octanol–water partition coefficient (Wildman–Crippen LogP) is 0.543. The minimum atomic E-state index is -0.750. The van der Waals surface area contributed by atoms with Crippen molar-refractivity contribution < 1.29 is 4.79 Å². The monoisotopic (exact) mass is 210 g/mol. The van der Waals surface area contributed by atoms with Gasteiger partial charge in [-0.25, -0.2) is 0 Å². The van der Waals surface area contributed by atoms with Crippen LogP contribution in [0.2, 0.25) is 0 Å². The van der Waals surface area contributed by atoms with Gasteiger partial charge in [-0.3, -0.25) is 9.89 Å². The fourth-order valence-electron chi connectivity index (χ4n) is 1.31. The summed E-state index contributed by atoms with van der Waals surface area (Å²) in [6.07, 6.45) is 2.92. The topological polar surface area (TPSA) is 83.8 Å². The van der Waals surface area contributed by atoms with Crippen LogP contribution < -0.4 is 11.1 Å². The molecule has 0 radical (unpaired) electrons. The molecule has 0 unspecified atom stereocenters. The van der Waals surface area contributed by atoms with Gasteiger partial charge in [-0.05, 0) is 18.9 Å². The Morgan fingerprint density at radius 3 is 2.73 bits per heavy atom. The molecule has 4 N–H and O–H groups in total. The number of carbonyl (C=O) groups excluding carboxylic acids is 1. The van der Waals surface area contributed by atoms with Gasteiger partial charge < -0.3 is 11.1 Å². The highest BCUT2D eigenvalue weighted by molar-refractivity contribution is 5.85. The number of nitrogens with two attached hydrogens (primary N) is 1. The second kappa shape index (κ2) is 4.93. The maximum Gasteiger partial charge on any atom is 0.240 e. The number of nitrogens with one attached hydrogen (secondary N) is 2. The Labute approximate surface area is 89.4 Å². The van der Waals surface area contributed by atoms with Gasteiger partial charge >= 0.3 is 0 Å². The molecule has 1 aromatic heterocycles. The van der Waals surface area contributed by atoms with Crippen LogP contribution in [0.5, 0.6) is 0 Å². The van der Waals surface area contributed by atoms with E-state index in [1.165, 1.54) is 0 Å². The number of hydrogen-bond donors (Lipinski definition) is 3. The molecule has 0 saturated carbocycles. The molecule has 1 aromatic rings. The Morgan fingerprint density at radius 1 is 1.60 bits per heavy atom. The van der Waals surface area contributed by atoms with Crippen LogP contribution in [0.1, 0.15) is 32.4 Å². The lowest BCUT2D eigenvalue weighted by Gasteiger charge is -2.24. The molecule has 5 heteroatoms. The number of H-pyrrole nitrogens is 1. The molecular weight excluding hydrogens is 192 g/mol. The van der Waals surface area contributed by atoms with Crippen LogP contribution in [0.4, 0.5) is 0 Å². The summed E-state index contributed by atoms with van der Waals surface area (Å²) in [5, 5.41) is 9.36. The van der Waals surface area contributed by atoms with Crippen molar-refractivity contribution in [2.75, 3.05) is 0 Å². The van der Waals surface area contributed by atoms with E-state index >= 15 is 0 Å². The van der Waals surface area contributed by atoms with Crippen molar-refractivity contribution in [3.63, 3.8) is 0 Å². The zero-order valence-electron chi connectivity index (χ0n) is 9.21. The molecule has 0 spiro atoms. The summed E-state index contributed by atoms with van der Waals surface area (Å²) in [6, 6.07) is 1.82. The number of aromatic nitrogens is 2. The van der Waals surface area contributed by atoms with E-state index in [1.54, 1.807) is 6.20 Å². The number of hydrogen-bond acceptors (Lipinski definition) is 3. The first kappa shape index (κ1) is 11.7. The second-order valence-corrected chi connectivity index (χ2v) is 3.63. The molecule has 1 rings (SSSR count). The first-order valence-electron chi connectivity index (χ1n) is 5.18. The molecule has 0 fully saturated rings. The van der Waals surface area contributed by atoms with E-state index in [4.69, 9.17) is 5.73 Å². The molecule has 1 amide bonds. The van der Waals surface area contributed by atoms with Gasteiger partial charge in [-0.1, -0.05) is 13.8 Å². The van der Waals surface area contributed by atoms with Gasteiger partial charge in [0.05, 0.1) is 17.8 Å². The Hall–Kier alpha value is -1.36. The van der Waals surface area contributed by atoms with Crippen molar-refractivity contribution in [1.82, 2.24) is 15.5 Å². The third-order valence-corrected chi connectivity index (χ3v) is 2.71. The Balaban J connectivity index is 2.48. The normalized spacial score (nSPS) is 11.4. The fourth-order valence-corrected chi connectivity index (χ4v) is 1.31. The number of aromatic amines is 1. The van der Waals surface area contributed by atoms with Gasteiger partial charge in [0.15, 0.2) is 0 Å². The van der Waals surface area contributed by atoms with E-state index in [0.717, 1.165) is 5.69 Å². The summed E-state index contributed by atoms with van der Waals surface area (Å²) in [7, 11) is 0. The number of amides is 1. The number of rotatable bonds is 5. The van der Waals surface area contributed by atoms with Crippen LogP contribution >= 0.6 is 0 Å². The van der Waals surface area contributed by atoms with E-state index in [2.05, 4.69) is 15.5 Å². The SMILES string of the molecule is CCC(N)(CC)C(=O)NCc1ccn[nH]1. The molecule has 0 aliphatic carbocycles. The van der Waals surface area contributed by atoms with E-state index in [1.807, 2.05) is 19.9 Å². The summed E-state index contributed by atoms with van der Waals surface area (Å²) in [4.78, 5) is 11.8. The summed E-state index contributed by atoms with van der Waals surface area (Å²) in [6.45, 7) is 4.27. The molecule has 0 aliphatic rings. The van der Waals surface area contributed by atoms with Crippen molar-refractivity contribution in [3.05, 3.63) is 18.0 Å². The van der Waals surface area contributed by atoms with Gasteiger partial charge in [-0.2, -0.15) is 5.10 Å². The third kappa shape index (κ3) is 2.79. The van der Waals surface area contributed by atoms with Crippen LogP contribution in [0.3, 0.4) is 0 Å². The highest BCUT2D eigenvalue weighted by Crippen LogP contribution is 2.11. The van der Waals surface area contributed by atoms with Crippen LogP contribution in [0, 0.1) is 0 Å². The van der Waals surface area contributed by atoms with Gasteiger partial charge in [0.1, 0.15) is 0 Å².